The standard InChI is InChI=1S/C11H15N5O3/c1-18-4-6-2-3-7(19-6)16-5-13-8-9(16)14-11(12)15-10(8)17/h5-7H,2-4H2,1H3,(H3,12,14,15,17)/t6-,7?/m0/s1. The van der Waals surface area contributed by atoms with Crippen molar-refractivity contribution in [3.63, 3.8) is 0 Å². The van der Waals surface area contributed by atoms with E-state index in [-0.39, 0.29) is 29.4 Å². The van der Waals surface area contributed by atoms with E-state index in [0.717, 1.165) is 12.8 Å². The minimum atomic E-state index is -0.340. The molecule has 1 unspecified atom stereocenters. The molecule has 0 radical (unpaired) electrons. The predicted octanol–water partition coefficient (Wildman–Crippen LogP) is 0.0258. The highest BCUT2D eigenvalue weighted by Crippen LogP contribution is 2.29. The maximum absolute atomic E-state index is 11.7. The molecule has 3 N–H and O–H groups in total. The van der Waals surface area contributed by atoms with Crippen molar-refractivity contribution >= 4 is 17.1 Å². The summed E-state index contributed by atoms with van der Waals surface area (Å²) in [6.07, 6.45) is 3.17. The quantitative estimate of drug-likeness (QED) is 0.810. The summed E-state index contributed by atoms with van der Waals surface area (Å²) >= 11 is 0. The van der Waals surface area contributed by atoms with E-state index in [0.29, 0.717) is 12.3 Å². The Morgan fingerprint density at radius 1 is 1.63 bits per heavy atom. The average Bonchev–Trinajstić information content (AvgIpc) is 2.95. The van der Waals surface area contributed by atoms with E-state index in [1.807, 2.05) is 0 Å². The summed E-state index contributed by atoms with van der Waals surface area (Å²) in [5.74, 6) is 0.0747. The van der Waals surface area contributed by atoms with Crippen LogP contribution in [0.5, 0.6) is 0 Å². The van der Waals surface area contributed by atoms with E-state index in [2.05, 4.69) is 15.0 Å². The highest BCUT2D eigenvalue weighted by Gasteiger charge is 2.28. The van der Waals surface area contributed by atoms with Gasteiger partial charge in [0.15, 0.2) is 11.2 Å². The van der Waals surface area contributed by atoms with E-state index in [9.17, 15) is 4.79 Å². The lowest BCUT2D eigenvalue weighted by molar-refractivity contribution is -0.0300. The van der Waals surface area contributed by atoms with Gasteiger partial charge in [-0.3, -0.25) is 14.3 Å². The number of hydrogen-bond acceptors (Lipinski definition) is 6. The van der Waals surface area contributed by atoms with Crippen LogP contribution in [0, 0.1) is 0 Å². The van der Waals surface area contributed by atoms with Crippen molar-refractivity contribution in [2.45, 2.75) is 25.2 Å². The predicted molar refractivity (Wildman–Crippen MR) is 67.6 cm³/mol. The molecule has 0 aromatic carbocycles. The zero-order valence-corrected chi connectivity index (χ0v) is 10.5. The number of nitrogen functional groups attached to an aromatic ring is 1. The zero-order valence-electron chi connectivity index (χ0n) is 10.5. The van der Waals surface area contributed by atoms with Gasteiger partial charge >= 0.3 is 0 Å². The van der Waals surface area contributed by atoms with Crippen molar-refractivity contribution in [2.24, 2.45) is 0 Å². The van der Waals surface area contributed by atoms with Gasteiger partial charge in [0.2, 0.25) is 5.95 Å². The van der Waals surface area contributed by atoms with Crippen LogP contribution in [0.25, 0.3) is 11.2 Å². The Morgan fingerprint density at radius 2 is 2.47 bits per heavy atom. The van der Waals surface area contributed by atoms with Gasteiger partial charge in [0.1, 0.15) is 6.23 Å². The van der Waals surface area contributed by atoms with E-state index >= 15 is 0 Å². The van der Waals surface area contributed by atoms with E-state index < -0.39 is 0 Å². The number of imidazole rings is 1. The Kier molecular flexibility index (Phi) is 2.96. The van der Waals surface area contributed by atoms with Crippen LogP contribution >= 0.6 is 0 Å². The van der Waals surface area contributed by atoms with Gasteiger partial charge in [0.25, 0.3) is 5.56 Å². The summed E-state index contributed by atoms with van der Waals surface area (Å²) in [4.78, 5) is 22.3. The molecule has 2 atom stereocenters. The number of hydrogen-bond donors (Lipinski definition) is 2. The SMILES string of the molecule is COC[C@@H]1CCC(n2cnc3c(=O)[nH]c(N)nc32)O1. The topological polar surface area (TPSA) is 108 Å². The fraction of sp³-hybridized carbons (Fsp3) is 0.545. The number of rotatable bonds is 3. The molecule has 0 bridgehead atoms. The first-order chi connectivity index (χ1) is 9.19. The fourth-order valence-corrected chi connectivity index (χ4v) is 2.35. The lowest BCUT2D eigenvalue weighted by atomic mass is 10.2. The van der Waals surface area contributed by atoms with Gasteiger partial charge in [-0.05, 0) is 12.8 Å². The largest absolute Gasteiger partial charge is 0.382 e. The fourth-order valence-electron chi connectivity index (χ4n) is 2.35. The van der Waals surface area contributed by atoms with Crippen LogP contribution in [0.15, 0.2) is 11.1 Å². The molecule has 19 heavy (non-hydrogen) atoms. The molecule has 8 heteroatoms. The van der Waals surface area contributed by atoms with Crippen molar-refractivity contribution < 1.29 is 9.47 Å². The molecule has 3 rings (SSSR count). The monoisotopic (exact) mass is 265 g/mol. The Bertz CT molecular complexity index is 649. The van der Waals surface area contributed by atoms with Crippen LogP contribution in [-0.2, 0) is 9.47 Å². The normalized spacial score (nSPS) is 23.2. The molecule has 0 amide bonds. The second-order valence-electron chi connectivity index (χ2n) is 4.52. The first-order valence-corrected chi connectivity index (χ1v) is 6.05. The third-order valence-electron chi connectivity index (χ3n) is 3.20. The smallest absolute Gasteiger partial charge is 0.280 e. The summed E-state index contributed by atoms with van der Waals surface area (Å²) in [5, 5.41) is 0. The summed E-state index contributed by atoms with van der Waals surface area (Å²) < 4.78 is 12.7. The average molecular weight is 265 g/mol. The summed E-state index contributed by atoms with van der Waals surface area (Å²) in [6, 6.07) is 0. The third-order valence-corrected chi connectivity index (χ3v) is 3.20. The molecule has 0 saturated carbocycles. The summed E-state index contributed by atoms with van der Waals surface area (Å²) in [5.41, 5.74) is 5.94. The Balaban J connectivity index is 1.96. The molecule has 2 aromatic heterocycles. The number of nitrogens with one attached hydrogen (secondary N) is 1. The number of methoxy groups -OCH3 is 1. The molecule has 0 aliphatic carbocycles. The van der Waals surface area contributed by atoms with Gasteiger partial charge in [-0.1, -0.05) is 0 Å². The second-order valence-corrected chi connectivity index (χ2v) is 4.52. The first-order valence-electron chi connectivity index (χ1n) is 6.05. The number of H-pyrrole nitrogens is 1. The van der Waals surface area contributed by atoms with Crippen molar-refractivity contribution in [3.05, 3.63) is 16.7 Å². The molecule has 8 nitrogen and oxygen atoms in total. The molecule has 102 valence electrons. The van der Waals surface area contributed by atoms with Gasteiger partial charge in [-0.25, -0.2) is 4.98 Å². The first kappa shape index (κ1) is 12.1. The highest BCUT2D eigenvalue weighted by atomic mass is 16.5. The van der Waals surface area contributed by atoms with Crippen LogP contribution in [-0.4, -0.2) is 39.3 Å². The van der Waals surface area contributed by atoms with Crippen LogP contribution in [0.2, 0.25) is 0 Å². The molecular formula is C11H15N5O3. The van der Waals surface area contributed by atoms with E-state index in [1.165, 1.54) is 0 Å². The van der Waals surface area contributed by atoms with Gasteiger partial charge in [-0.2, -0.15) is 4.98 Å². The van der Waals surface area contributed by atoms with E-state index in [1.54, 1.807) is 18.0 Å². The lowest BCUT2D eigenvalue weighted by Crippen LogP contribution is -2.16. The molecule has 1 aliphatic heterocycles. The maximum atomic E-state index is 11.7. The number of anilines is 1. The number of nitrogens with two attached hydrogens (primary N) is 1. The Hall–Kier alpha value is -1.93. The Morgan fingerprint density at radius 3 is 3.26 bits per heavy atom. The summed E-state index contributed by atoms with van der Waals surface area (Å²) in [7, 11) is 1.64. The van der Waals surface area contributed by atoms with Crippen molar-refractivity contribution in [3.8, 4) is 0 Å². The molecule has 0 spiro atoms. The van der Waals surface area contributed by atoms with Crippen molar-refractivity contribution in [2.75, 3.05) is 19.5 Å². The van der Waals surface area contributed by atoms with Gasteiger partial charge in [0, 0.05) is 7.11 Å². The lowest BCUT2D eigenvalue weighted by Gasteiger charge is -2.14. The van der Waals surface area contributed by atoms with Crippen LogP contribution in [0.3, 0.4) is 0 Å². The maximum Gasteiger partial charge on any atom is 0.280 e. The molecule has 1 fully saturated rings. The van der Waals surface area contributed by atoms with Crippen LogP contribution < -0.4 is 11.3 Å². The van der Waals surface area contributed by atoms with Gasteiger partial charge in [-0.15, -0.1) is 0 Å². The minimum Gasteiger partial charge on any atom is -0.382 e. The number of fused-ring (bicyclic) bond motifs is 1. The number of aromatic amines is 1. The summed E-state index contributed by atoms with van der Waals surface area (Å²) in [6.45, 7) is 0.555. The van der Waals surface area contributed by atoms with Crippen LogP contribution in [0.1, 0.15) is 19.1 Å². The van der Waals surface area contributed by atoms with Crippen molar-refractivity contribution in [1.82, 2.24) is 19.5 Å². The van der Waals surface area contributed by atoms with Gasteiger partial charge in [0.05, 0.1) is 19.0 Å². The van der Waals surface area contributed by atoms with Crippen LogP contribution in [0.4, 0.5) is 5.95 Å². The molecule has 1 aliphatic rings. The van der Waals surface area contributed by atoms with Crippen molar-refractivity contribution in [1.29, 1.82) is 0 Å². The number of nitrogens with zero attached hydrogens (tertiary/aromatic N) is 3. The molecule has 1 saturated heterocycles. The number of ether oxygens (including phenoxy) is 2. The molecule has 3 heterocycles. The third kappa shape index (κ3) is 2.08. The Labute approximate surface area is 108 Å². The zero-order chi connectivity index (χ0) is 13.4. The second kappa shape index (κ2) is 4.63. The van der Waals surface area contributed by atoms with E-state index in [4.69, 9.17) is 15.2 Å². The highest BCUT2D eigenvalue weighted by molar-refractivity contribution is 5.70. The number of aromatic nitrogens is 4. The molecule has 2 aromatic rings. The van der Waals surface area contributed by atoms with Gasteiger partial charge < -0.3 is 15.2 Å². The molecular weight excluding hydrogens is 250 g/mol. The minimum absolute atomic E-state index is 0.0618.